The molecule has 0 fully saturated rings. The first-order valence-electron chi connectivity index (χ1n) is 7.60. The van der Waals surface area contributed by atoms with Crippen LogP contribution in [0.2, 0.25) is 0 Å². The molecule has 3 aromatic rings. The number of hydrogen-bond acceptors (Lipinski definition) is 3. The lowest BCUT2D eigenvalue weighted by atomic mass is 10.1. The lowest BCUT2D eigenvalue weighted by molar-refractivity contribution is 0.880. The maximum Gasteiger partial charge on any atom is 0.199 e. The third kappa shape index (κ3) is 3.05. The van der Waals surface area contributed by atoms with E-state index in [9.17, 15) is 0 Å². The molecule has 0 spiro atoms. The molecule has 2 N–H and O–H groups in total. The van der Waals surface area contributed by atoms with E-state index in [-0.39, 0.29) is 0 Å². The summed E-state index contributed by atoms with van der Waals surface area (Å²) in [6, 6.07) is 14.4. The second kappa shape index (κ2) is 6.38. The van der Waals surface area contributed by atoms with Gasteiger partial charge >= 0.3 is 0 Å². The van der Waals surface area contributed by atoms with Gasteiger partial charge in [-0.3, -0.25) is 9.67 Å². The molecule has 0 saturated carbocycles. The van der Waals surface area contributed by atoms with Crippen LogP contribution in [0.1, 0.15) is 22.5 Å². The Morgan fingerprint density at radius 3 is 2.57 bits per heavy atom. The van der Waals surface area contributed by atoms with E-state index in [0.717, 1.165) is 17.2 Å². The van der Waals surface area contributed by atoms with Crippen molar-refractivity contribution in [2.75, 3.05) is 5.32 Å². The molecule has 1 heterocycles. The Kier molecular flexibility index (Phi) is 4.30. The van der Waals surface area contributed by atoms with Gasteiger partial charge in [0.15, 0.2) is 10.6 Å². The summed E-state index contributed by atoms with van der Waals surface area (Å²) in [5, 5.41) is 10.7. The van der Waals surface area contributed by atoms with Crippen LogP contribution in [0.4, 0.5) is 5.69 Å². The third-order valence-corrected chi connectivity index (χ3v) is 4.41. The molecule has 0 atom stereocenters. The van der Waals surface area contributed by atoms with E-state index in [4.69, 9.17) is 12.2 Å². The van der Waals surface area contributed by atoms with Crippen molar-refractivity contribution in [3.8, 4) is 5.69 Å². The number of benzene rings is 2. The highest BCUT2D eigenvalue weighted by Crippen LogP contribution is 2.20. The molecule has 0 amide bonds. The van der Waals surface area contributed by atoms with Crippen LogP contribution in [0.5, 0.6) is 0 Å². The van der Waals surface area contributed by atoms with Crippen molar-refractivity contribution < 1.29 is 0 Å². The molecule has 4 nitrogen and oxygen atoms in total. The molecule has 0 aliphatic carbocycles. The number of rotatable bonds is 4. The first kappa shape index (κ1) is 15.5. The highest BCUT2D eigenvalue weighted by atomic mass is 32.1. The summed E-state index contributed by atoms with van der Waals surface area (Å²) in [4.78, 5) is 0. The summed E-state index contributed by atoms with van der Waals surface area (Å²) in [7, 11) is 0. The molecule has 3 rings (SSSR count). The highest BCUT2D eigenvalue weighted by Gasteiger charge is 2.11. The van der Waals surface area contributed by atoms with Crippen molar-refractivity contribution >= 4 is 17.9 Å². The minimum absolute atomic E-state index is 0.603. The van der Waals surface area contributed by atoms with Gasteiger partial charge in [-0.15, -0.1) is 0 Å². The SMILES string of the molecule is Cc1ccccc1NCc1n[nH]c(=S)n1-c1cccc(C)c1C. The van der Waals surface area contributed by atoms with Gasteiger partial charge in [0.2, 0.25) is 0 Å². The molecule has 2 aromatic carbocycles. The molecular weight excluding hydrogens is 304 g/mol. The second-order valence-electron chi connectivity index (χ2n) is 5.67. The smallest absolute Gasteiger partial charge is 0.199 e. The molecule has 23 heavy (non-hydrogen) atoms. The molecule has 0 unspecified atom stereocenters. The predicted octanol–water partition coefficient (Wildman–Crippen LogP) is 4.47. The van der Waals surface area contributed by atoms with Crippen LogP contribution in [0.25, 0.3) is 5.69 Å². The van der Waals surface area contributed by atoms with Gasteiger partial charge in [0.25, 0.3) is 0 Å². The van der Waals surface area contributed by atoms with Crippen LogP contribution in [0.3, 0.4) is 0 Å². The van der Waals surface area contributed by atoms with Crippen LogP contribution in [-0.4, -0.2) is 14.8 Å². The van der Waals surface area contributed by atoms with Gasteiger partial charge in [-0.1, -0.05) is 30.3 Å². The van der Waals surface area contributed by atoms with E-state index >= 15 is 0 Å². The molecule has 0 bridgehead atoms. The normalized spacial score (nSPS) is 10.7. The average molecular weight is 324 g/mol. The van der Waals surface area contributed by atoms with Crippen molar-refractivity contribution in [3.05, 3.63) is 69.8 Å². The van der Waals surface area contributed by atoms with Gasteiger partial charge in [0.1, 0.15) is 0 Å². The quantitative estimate of drug-likeness (QED) is 0.696. The number of anilines is 1. The maximum absolute atomic E-state index is 5.43. The van der Waals surface area contributed by atoms with Gasteiger partial charge in [-0.05, 0) is 61.8 Å². The Balaban J connectivity index is 1.95. The minimum atomic E-state index is 0.603. The van der Waals surface area contributed by atoms with Crippen molar-refractivity contribution in [1.29, 1.82) is 0 Å². The van der Waals surface area contributed by atoms with Crippen molar-refractivity contribution in [2.24, 2.45) is 0 Å². The average Bonchev–Trinajstić information content (AvgIpc) is 2.90. The number of aromatic amines is 1. The van der Waals surface area contributed by atoms with Crippen molar-refractivity contribution in [1.82, 2.24) is 14.8 Å². The lowest BCUT2D eigenvalue weighted by Crippen LogP contribution is -2.09. The van der Waals surface area contributed by atoms with Crippen molar-refractivity contribution in [2.45, 2.75) is 27.3 Å². The Morgan fingerprint density at radius 1 is 1.04 bits per heavy atom. The summed E-state index contributed by atoms with van der Waals surface area (Å²) >= 11 is 5.43. The van der Waals surface area contributed by atoms with E-state index in [1.54, 1.807) is 0 Å². The number of para-hydroxylation sites is 1. The van der Waals surface area contributed by atoms with Crippen LogP contribution in [-0.2, 0) is 6.54 Å². The minimum Gasteiger partial charge on any atom is -0.378 e. The standard InChI is InChI=1S/C18H20N4S/c1-12-8-6-10-16(14(12)3)22-17(20-21-18(22)23)11-19-15-9-5-4-7-13(15)2/h4-10,19H,11H2,1-3H3,(H,21,23). The van der Waals surface area contributed by atoms with Gasteiger partial charge in [0, 0.05) is 5.69 Å². The van der Waals surface area contributed by atoms with E-state index in [1.165, 1.54) is 16.7 Å². The molecule has 118 valence electrons. The number of nitrogens with zero attached hydrogens (tertiary/aromatic N) is 2. The molecule has 5 heteroatoms. The molecule has 0 radical (unpaired) electrons. The van der Waals surface area contributed by atoms with Crippen molar-refractivity contribution in [3.63, 3.8) is 0 Å². The molecule has 0 aliphatic rings. The first-order chi connectivity index (χ1) is 11.1. The fourth-order valence-corrected chi connectivity index (χ4v) is 2.87. The largest absolute Gasteiger partial charge is 0.378 e. The lowest BCUT2D eigenvalue weighted by Gasteiger charge is -2.13. The highest BCUT2D eigenvalue weighted by molar-refractivity contribution is 7.71. The van der Waals surface area contributed by atoms with Gasteiger partial charge < -0.3 is 5.32 Å². The topological polar surface area (TPSA) is 45.6 Å². The fraction of sp³-hybridized carbons (Fsp3) is 0.222. The Hall–Kier alpha value is -2.40. The summed E-state index contributed by atoms with van der Waals surface area (Å²) < 4.78 is 2.61. The van der Waals surface area contributed by atoms with Crippen LogP contribution >= 0.6 is 12.2 Å². The van der Waals surface area contributed by atoms with E-state index in [1.807, 2.05) is 22.8 Å². The number of nitrogens with one attached hydrogen (secondary N) is 2. The van der Waals surface area contributed by atoms with Crippen LogP contribution in [0, 0.1) is 25.5 Å². The van der Waals surface area contributed by atoms with Gasteiger partial charge in [-0.25, -0.2) is 0 Å². The number of hydrogen-bond donors (Lipinski definition) is 2. The van der Waals surface area contributed by atoms with E-state index in [0.29, 0.717) is 11.3 Å². The third-order valence-electron chi connectivity index (χ3n) is 4.14. The van der Waals surface area contributed by atoms with Crippen LogP contribution in [0.15, 0.2) is 42.5 Å². The molecular formula is C18H20N4S. The maximum atomic E-state index is 5.43. The second-order valence-corrected chi connectivity index (χ2v) is 6.05. The molecule has 1 aromatic heterocycles. The fourth-order valence-electron chi connectivity index (χ4n) is 2.62. The zero-order chi connectivity index (χ0) is 16.4. The van der Waals surface area contributed by atoms with Crippen LogP contribution < -0.4 is 5.32 Å². The molecule has 0 aliphatic heterocycles. The Bertz CT molecular complexity index is 892. The van der Waals surface area contributed by atoms with E-state index in [2.05, 4.69) is 60.6 Å². The zero-order valence-corrected chi connectivity index (χ0v) is 14.4. The van der Waals surface area contributed by atoms with E-state index < -0.39 is 0 Å². The molecule has 0 saturated heterocycles. The number of aryl methyl sites for hydroxylation is 2. The monoisotopic (exact) mass is 324 g/mol. The number of aromatic nitrogens is 3. The number of H-pyrrole nitrogens is 1. The summed E-state index contributed by atoms with van der Waals surface area (Å²) in [6.45, 7) is 6.90. The zero-order valence-electron chi connectivity index (χ0n) is 13.6. The Morgan fingerprint density at radius 2 is 1.78 bits per heavy atom. The predicted molar refractivity (Wildman–Crippen MR) is 96.7 cm³/mol. The first-order valence-corrected chi connectivity index (χ1v) is 8.01. The van der Waals surface area contributed by atoms with Gasteiger partial charge in [0.05, 0.1) is 12.2 Å². The summed E-state index contributed by atoms with van der Waals surface area (Å²) in [5.41, 5.74) is 5.84. The summed E-state index contributed by atoms with van der Waals surface area (Å²) in [6.07, 6.45) is 0. The Labute approximate surface area is 141 Å². The van der Waals surface area contributed by atoms with Gasteiger partial charge in [-0.2, -0.15) is 5.10 Å². The summed E-state index contributed by atoms with van der Waals surface area (Å²) in [5.74, 6) is 0.868.